The molecule has 0 aromatic rings. The molecule has 0 aromatic carbocycles. The predicted octanol–water partition coefficient (Wildman–Crippen LogP) is 0.905. The summed E-state index contributed by atoms with van der Waals surface area (Å²) in [5.74, 6) is -0.128. The third-order valence-electron chi connectivity index (χ3n) is 1.77. The molecule has 1 heterocycles. The average Bonchev–Trinajstić information content (AvgIpc) is 2.27. The molecule has 0 bridgehead atoms. The van der Waals surface area contributed by atoms with Gasteiger partial charge in [0.25, 0.3) is 0 Å². The summed E-state index contributed by atoms with van der Waals surface area (Å²) in [5, 5.41) is 10.4. The molecule has 1 unspecified atom stereocenters. The zero-order valence-electron chi connectivity index (χ0n) is 8.41. The number of rotatable bonds is 2. The Hall–Kier alpha value is -0.610. The van der Waals surface area contributed by atoms with Crippen molar-refractivity contribution in [2.75, 3.05) is 6.61 Å². The van der Waals surface area contributed by atoms with E-state index in [-0.39, 0.29) is 11.3 Å². The van der Waals surface area contributed by atoms with Gasteiger partial charge in [-0.3, -0.25) is 9.63 Å². The number of carbonyl (C=O) groups is 1. The fraction of sp³-hybridized carbons (Fsp3) is 0.889. The van der Waals surface area contributed by atoms with Crippen LogP contribution in [0.2, 0.25) is 0 Å². The van der Waals surface area contributed by atoms with E-state index in [9.17, 15) is 9.90 Å². The second-order valence-electron chi connectivity index (χ2n) is 4.57. The van der Waals surface area contributed by atoms with Crippen LogP contribution in [0, 0.1) is 5.41 Å². The molecule has 4 heteroatoms. The summed E-state index contributed by atoms with van der Waals surface area (Å²) < 4.78 is 0. The summed E-state index contributed by atoms with van der Waals surface area (Å²) in [7, 11) is 0. The normalized spacial score (nSPS) is 24.2. The van der Waals surface area contributed by atoms with Crippen LogP contribution in [0.15, 0.2) is 0 Å². The summed E-state index contributed by atoms with van der Waals surface area (Å²) in [4.78, 5) is 16.4. The van der Waals surface area contributed by atoms with E-state index in [1.54, 1.807) is 0 Å². The Morgan fingerprint density at radius 1 is 1.62 bits per heavy atom. The lowest BCUT2D eigenvalue weighted by Gasteiger charge is -2.24. The number of amides is 1. The molecule has 1 saturated heterocycles. The molecule has 1 atom stereocenters. The summed E-state index contributed by atoms with van der Waals surface area (Å²) in [5.41, 5.74) is 0.00257. The number of aliphatic hydroxyl groups excluding tert-OH is 1. The van der Waals surface area contributed by atoms with E-state index in [2.05, 4.69) is 0 Å². The highest BCUT2D eigenvalue weighted by Gasteiger charge is 2.31. The molecular weight excluding hydrogens is 170 g/mol. The van der Waals surface area contributed by atoms with E-state index in [0.717, 1.165) is 5.06 Å². The van der Waals surface area contributed by atoms with Crippen LogP contribution in [-0.2, 0) is 9.63 Å². The molecule has 0 saturated carbocycles. The zero-order valence-corrected chi connectivity index (χ0v) is 8.41. The van der Waals surface area contributed by atoms with Gasteiger partial charge < -0.3 is 5.11 Å². The second-order valence-corrected chi connectivity index (χ2v) is 4.57. The van der Waals surface area contributed by atoms with Gasteiger partial charge in [-0.05, 0) is 5.41 Å². The van der Waals surface area contributed by atoms with Gasteiger partial charge in [-0.25, -0.2) is 0 Å². The maximum absolute atomic E-state index is 11.1. The van der Waals surface area contributed by atoms with Crippen molar-refractivity contribution in [1.29, 1.82) is 0 Å². The van der Waals surface area contributed by atoms with Gasteiger partial charge in [0.05, 0.1) is 6.61 Å². The van der Waals surface area contributed by atoms with Gasteiger partial charge in [0.2, 0.25) is 5.91 Å². The molecule has 1 amide bonds. The Bertz CT molecular complexity index is 198. The number of hydrogen-bond donors (Lipinski definition) is 1. The molecule has 1 N–H and O–H groups in total. The van der Waals surface area contributed by atoms with Gasteiger partial charge in [0.15, 0.2) is 6.23 Å². The molecule has 0 aromatic heterocycles. The second kappa shape index (κ2) is 3.64. The first-order chi connectivity index (χ1) is 5.90. The number of aliphatic hydroxyl groups is 1. The van der Waals surface area contributed by atoms with E-state index in [4.69, 9.17) is 4.84 Å². The van der Waals surface area contributed by atoms with Crippen molar-refractivity contribution in [3.05, 3.63) is 0 Å². The first kappa shape index (κ1) is 10.5. The quantitative estimate of drug-likeness (QED) is 0.699. The Kier molecular flexibility index (Phi) is 2.93. The van der Waals surface area contributed by atoms with E-state index < -0.39 is 6.23 Å². The molecule has 0 radical (unpaired) electrons. The lowest BCUT2D eigenvalue weighted by molar-refractivity contribution is -0.228. The maximum Gasteiger partial charge on any atom is 0.248 e. The van der Waals surface area contributed by atoms with Gasteiger partial charge in [-0.1, -0.05) is 20.8 Å². The molecule has 76 valence electrons. The monoisotopic (exact) mass is 187 g/mol. The SMILES string of the molecule is CC(C)(C)CON1C(=O)CCC1O. The molecule has 0 spiro atoms. The van der Waals surface area contributed by atoms with Crippen molar-refractivity contribution in [3.63, 3.8) is 0 Å². The van der Waals surface area contributed by atoms with E-state index in [1.807, 2.05) is 20.8 Å². The Morgan fingerprint density at radius 3 is 2.62 bits per heavy atom. The Morgan fingerprint density at radius 2 is 2.23 bits per heavy atom. The van der Waals surface area contributed by atoms with Crippen LogP contribution in [0.25, 0.3) is 0 Å². The minimum absolute atomic E-state index is 0.00257. The highest BCUT2D eigenvalue weighted by Crippen LogP contribution is 2.20. The van der Waals surface area contributed by atoms with Crippen LogP contribution < -0.4 is 0 Å². The maximum atomic E-state index is 11.1. The highest BCUT2D eigenvalue weighted by atomic mass is 16.7. The van der Waals surface area contributed by atoms with Crippen LogP contribution in [0.3, 0.4) is 0 Å². The van der Waals surface area contributed by atoms with Crippen molar-refractivity contribution < 1.29 is 14.7 Å². The van der Waals surface area contributed by atoms with Crippen LogP contribution >= 0.6 is 0 Å². The summed E-state index contributed by atoms with van der Waals surface area (Å²) >= 11 is 0. The fourth-order valence-corrected chi connectivity index (χ4v) is 1.07. The molecule has 0 aliphatic carbocycles. The van der Waals surface area contributed by atoms with Gasteiger partial charge in [-0.2, -0.15) is 5.06 Å². The number of hydrogen-bond acceptors (Lipinski definition) is 3. The smallest absolute Gasteiger partial charge is 0.248 e. The number of nitrogens with zero attached hydrogens (tertiary/aromatic N) is 1. The Balaban J connectivity index is 2.40. The van der Waals surface area contributed by atoms with Crippen molar-refractivity contribution in [2.24, 2.45) is 5.41 Å². The Labute approximate surface area is 78.4 Å². The van der Waals surface area contributed by atoms with Crippen molar-refractivity contribution >= 4 is 5.91 Å². The first-order valence-corrected chi connectivity index (χ1v) is 4.53. The minimum atomic E-state index is -0.755. The standard InChI is InChI=1S/C9H17NO3/c1-9(2,3)6-13-10-7(11)4-5-8(10)12/h7,11H,4-6H2,1-3H3. The van der Waals surface area contributed by atoms with Gasteiger partial charge in [0, 0.05) is 12.8 Å². The highest BCUT2D eigenvalue weighted by molar-refractivity contribution is 5.77. The zero-order chi connectivity index (χ0) is 10.1. The molecule has 1 fully saturated rings. The van der Waals surface area contributed by atoms with Crippen LogP contribution in [-0.4, -0.2) is 28.9 Å². The lowest BCUT2D eigenvalue weighted by atomic mass is 9.99. The molecule has 1 aliphatic rings. The molecule has 13 heavy (non-hydrogen) atoms. The molecular formula is C9H17NO3. The van der Waals surface area contributed by atoms with Crippen LogP contribution in [0.4, 0.5) is 0 Å². The van der Waals surface area contributed by atoms with Gasteiger partial charge in [0.1, 0.15) is 0 Å². The summed E-state index contributed by atoms with van der Waals surface area (Å²) in [6.07, 6.45) is 0.101. The van der Waals surface area contributed by atoms with E-state index in [1.165, 1.54) is 0 Å². The predicted molar refractivity (Wildman–Crippen MR) is 47.5 cm³/mol. The van der Waals surface area contributed by atoms with Crippen LogP contribution in [0.1, 0.15) is 33.6 Å². The molecule has 4 nitrogen and oxygen atoms in total. The van der Waals surface area contributed by atoms with E-state index >= 15 is 0 Å². The van der Waals surface area contributed by atoms with Crippen molar-refractivity contribution in [2.45, 2.75) is 39.8 Å². The van der Waals surface area contributed by atoms with Crippen molar-refractivity contribution in [1.82, 2.24) is 5.06 Å². The molecule has 1 aliphatic heterocycles. The largest absolute Gasteiger partial charge is 0.371 e. The van der Waals surface area contributed by atoms with Crippen LogP contribution in [0.5, 0.6) is 0 Å². The number of carbonyl (C=O) groups excluding carboxylic acids is 1. The van der Waals surface area contributed by atoms with Gasteiger partial charge >= 0.3 is 0 Å². The van der Waals surface area contributed by atoms with E-state index in [0.29, 0.717) is 19.4 Å². The molecule has 1 rings (SSSR count). The first-order valence-electron chi connectivity index (χ1n) is 4.53. The van der Waals surface area contributed by atoms with Gasteiger partial charge in [-0.15, -0.1) is 0 Å². The topological polar surface area (TPSA) is 49.8 Å². The summed E-state index contributed by atoms with van der Waals surface area (Å²) in [6, 6.07) is 0. The lowest BCUT2D eigenvalue weighted by Crippen LogP contribution is -2.35. The fourth-order valence-electron chi connectivity index (χ4n) is 1.07. The average molecular weight is 187 g/mol. The minimum Gasteiger partial charge on any atom is -0.371 e. The third kappa shape index (κ3) is 2.97. The summed E-state index contributed by atoms with van der Waals surface area (Å²) in [6.45, 7) is 6.48. The third-order valence-corrected chi connectivity index (χ3v) is 1.77. The number of hydroxylamine groups is 2. The van der Waals surface area contributed by atoms with Crippen molar-refractivity contribution in [3.8, 4) is 0 Å².